The smallest absolute Gasteiger partial charge is 0.262 e. The molecule has 1 aromatic heterocycles. The Bertz CT molecular complexity index is 1050. The van der Waals surface area contributed by atoms with E-state index in [1.165, 1.54) is 10.1 Å². The van der Waals surface area contributed by atoms with E-state index in [-0.39, 0.29) is 24.4 Å². The normalized spacial score (nSPS) is 10.9. The number of aromatic amines is 1. The molecule has 1 amide bonds. The molecule has 0 fully saturated rings. The number of H-pyrrole nitrogens is 1. The lowest BCUT2D eigenvalue weighted by molar-refractivity contribution is -0.116. The zero-order chi connectivity index (χ0) is 19.2. The second kappa shape index (κ2) is 8.77. The second-order valence-corrected chi connectivity index (χ2v) is 6.92. The van der Waals surface area contributed by atoms with Gasteiger partial charge in [0.15, 0.2) is 4.77 Å². The molecule has 0 spiro atoms. The van der Waals surface area contributed by atoms with Gasteiger partial charge in [-0.05, 0) is 54.9 Å². The maximum atomic E-state index is 12.6. The molecule has 0 aliphatic rings. The number of aromatic nitrogens is 2. The zero-order valence-corrected chi connectivity index (χ0v) is 16.1. The third kappa shape index (κ3) is 4.71. The summed E-state index contributed by atoms with van der Waals surface area (Å²) in [6, 6.07) is 15.1. The fourth-order valence-electron chi connectivity index (χ4n) is 2.97. The van der Waals surface area contributed by atoms with Crippen LogP contribution in [-0.4, -0.2) is 15.5 Å². The molecule has 1 heterocycles. The molecule has 140 valence electrons. The Balaban J connectivity index is 1.65. The van der Waals surface area contributed by atoms with E-state index >= 15 is 0 Å². The first kappa shape index (κ1) is 19.0. The number of fused-ring (bicyclic) bond motifs is 1. The van der Waals surface area contributed by atoms with Gasteiger partial charge in [0.1, 0.15) is 0 Å². The van der Waals surface area contributed by atoms with Crippen LogP contribution in [0.5, 0.6) is 0 Å². The van der Waals surface area contributed by atoms with E-state index in [4.69, 9.17) is 12.2 Å². The van der Waals surface area contributed by atoms with Crippen LogP contribution in [0.4, 0.5) is 5.69 Å². The molecule has 0 unspecified atom stereocenters. The van der Waals surface area contributed by atoms with Crippen molar-refractivity contribution in [1.29, 1.82) is 0 Å². The third-order valence-electron chi connectivity index (χ3n) is 4.51. The van der Waals surface area contributed by atoms with Crippen LogP contribution in [0.2, 0.25) is 0 Å². The number of amides is 1. The molecular weight excluding hydrogens is 358 g/mol. The molecule has 2 N–H and O–H groups in total. The van der Waals surface area contributed by atoms with Gasteiger partial charge in [-0.1, -0.05) is 37.6 Å². The Morgan fingerprint density at radius 1 is 1.15 bits per heavy atom. The number of unbranched alkanes of at least 4 members (excludes halogenated alkanes) is 1. The van der Waals surface area contributed by atoms with Gasteiger partial charge in [-0.2, -0.15) is 0 Å². The van der Waals surface area contributed by atoms with Gasteiger partial charge >= 0.3 is 0 Å². The number of aryl methyl sites for hydroxylation is 1. The summed E-state index contributed by atoms with van der Waals surface area (Å²) in [5.74, 6) is -0.147. The van der Waals surface area contributed by atoms with Crippen LogP contribution in [0.15, 0.2) is 53.3 Å². The average Bonchev–Trinajstić information content (AvgIpc) is 2.67. The molecule has 3 rings (SSSR count). The number of benzene rings is 2. The van der Waals surface area contributed by atoms with Crippen molar-refractivity contribution in [2.45, 2.75) is 39.2 Å². The third-order valence-corrected chi connectivity index (χ3v) is 4.83. The second-order valence-electron chi connectivity index (χ2n) is 6.53. The van der Waals surface area contributed by atoms with Crippen LogP contribution in [0.3, 0.4) is 0 Å². The summed E-state index contributed by atoms with van der Waals surface area (Å²) < 4.78 is 1.76. The lowest BCUT2D eigenvalue weighted by Gasteiger charge is -2.09. The van der Waals surface area contributed by atoms with Crippen LogP contribution >= 0.6 is 12.2 Å². The van der Waals surface area contributed by atoms with Gasteiger partial charge in [0.05, 0.1) is 10.9 Å². The lowest BCUT2D eigenvalue weighted by atomic mass is 10.1. The van der Waals surface area contributed by atoms with Gasteiger partial charge in [0, 0.05) is 18.7 Å². The predicted octanol–water partition coefficient (Wildman–Crippen LogP) is 4.43. The fraction of sp³-hybridized carbons (Fsp3) is 0.286. The Hall–Kier alpha value is -2.73. The molecule has 0 atom stereocenters. The Labute approximate surface area is 163 Å². The molecule has 0 saturated heterocycles. The monoisotopic (exact) mass is 381 g/mol. The maximum Gasteiger partial charge on any atom is 0.262 e. The van der Waals surface area contributed by atoms with Crippen LogP contribution < -0.4 is 10.9 Å². The van der Waals surface area contributed by atoms with Crippen molar-refractivity contribution >= 4 is 34.7 Å². The molecule has 27 heavy (non-hydrogen) atoms. The van der Waals surface area contributed by atoms with Gasteiger partial charge in [-0.25, -0.2) is 0 Å². The lowest BCUT2D eigenvalue weighted by Crippen LogP contribution is -2.25. The number of hydrogen-bond acceptors (Lipinski definition) is 3. The molecule has 0 aliphatic carbocycles. The van der Waals surface area contributed by atoms with Crippen molar-refractivity contribution in [3.63, 3.8) is 0 Å². The summed E-state index contributed by atoms with van der Waals surface area (Å²) in [6.45, 7) is 2.40. The maximum absolute atomic E-state index is 12.6. The van der Waals surface area contributed by atoms with Crippen molar-refractivity contribution in [3.05, 3.63) is 69.2 Å². The number of para-hydroxylation sites is 1. The average molecular weight is 382 g/mol. The largest absolute Gasteiger partial charge is 0.332 e. The van der Waals surface area contributed by atoms with E-state index < -0.39 is 0 Å². The molecule has 0 bridgehead atoms. The topological polar surface area (TPSA) is 66.9 Å². The summed E-state index contributed by atoms with van der Waals surface area (Å²) in [4.78, 5) is 27.9. The van der Waals surface area contributed by atoms with Gasteiger partial charge < -0.3 is 10.3 Å². The predicted molar refractivity (Wildman–Crippen MR) is 112 cm³/mol. The highest BCUT2D eigenvalue weighted by Gasteiger charge is 2.08. The number of nitrogens with zero attached hydrogens (tertiary/aromatic N) is 1. The molecule has 0 saturated carbocycles. The van der Waals surface area contributed by atoms with E-state index in [1.54, 1.807) is 6.07 Å². The van der Waals surface area contributed by atoms with Crippen molar-refractivity contribution < 1.29 is 4.79 Å². The van der Waals surface area contributed by atoms with E-state index in [0.29, 0.717) is 15.7 Å². The highest BCUT2D eigenvalue weighted by molar-refractivity contribution is 7.71. The molecule has 6 heteroatoms. The zero-order valence-electron chi connectivity index (χ0n) is 15.3. The minimum absolute atomic E-state index is 0.147. The first-order chi connectivity index (χ1) is 13.1. The number of rotatable bonds is 7. The van der Waals surface area contributed by atoms with Crippen LogP contribution in [-0.2, 0) is 17.8 Å². The summed E-state index contributed by atoms with van der Waals surface area (Å²) in [6.07, 6.45) is 3.54. The summed E-state index contributed by atoms with van der Waals surface area (Å²) >= 11 is 5.27. The minimum atomic E-state index is -0.178. The van der Waals surface area contributed by atoms with Gasteiger partial charge in [0.25, 0.3) is 5.56 Å². The van der Waals surface area contributed by atoms with Crippen LogP contribution in [0, 0.1) is 4.77 Å². The van der Waals surface area contributed by atoms with Gasteiger partial charge in [-0.15, -0.1) is 0 Å². The number of nitrogens with one attached hydrogen (secondary N) is 2. The molecule has 2 aromatic carbocycles. The Morgan fingerprint density at radius 2 is 1.89 bits per heavy atom. The highest BCUT2D eigenvalue weighted by atomic mass is 32.1. The number of anilines is 1. The molecule has 0 aliphatic heterocycles. The Morgan fingerprint density at radius 3 is 2.63 bits per heavy atom. The molecule has 0 radical (unpaired) electrons. The van der Waals surface area contributed by atoms with E-state index in [9.17, 15) is 9.59 Å². The number of carbonyl (C=O) groups excluding carboxylic acids is 1. The van der Waals surface area contributed by atoms with Crippen molar-refractivity contribution in [2.75, 3.05) is 5.32 Å². The fourth-order valence-corrected chi connectivity index (χ4v) is 3.26. The molecular formula is C21H23N3O2S. The first-order valence-corrected chi connectivity index (χ1v) is 9.60. The number of carbonyl (C=O) groups is 1. The quantitative estimate of drug-likeness (QED) is 0.595. The van der Waals surface area contributed by atoms with E-state index in [2.05, 4.69) is 17.2 Å². The van der Waals surface area contributed by atoms with Gasteiger partial charge in [0.2, 0.25) is 5.91 Å². The number of hydrogen-bond donors (Lipinski definition) is 2. The molecule has 3 aromatic rings. The SMILES string of the molecule is CCCCc1ccc(NC(=O)CCn2c(=S)[nH]c3ccccc3c2=O)cc1. The minimum Gasteiger partial charge on any atom is -0.332 e. The van der Waals surface area contributed by atoms with Gasteiger partial charge in [-0.3, -0.25) is 14.2 Å². The van der Waals surface area contributed by atoms with Crippen molar-refractivity contribution in [3.8, 4) is 0 Å². The summed E-state index contributed by atoms with van der Waals surface area (Å²) in [5.41, 5.74) is 2.55. The standard InChI is InChI=1S/C21H23N3O2S/c1-2-3-6-15-9-11-16(12-10-15)22-19(25)13-14-24-20(26)17-7-4-5-8-18(17)23-21(24)27/h4-5,7-12H,2-3,6,13-14H2,1H3,(H,22,25)(H,23,27). The molecule has 5 nitrogen and oxygen atoms in total. The van der Waals surface area contributed by atoms with Crippen LogP contribution in [0.25, 0.3) is 10.9 Å². The van der Waals surface area contributed by atoms with Crippen LogP contribution in [0.1, 0.15) is 31.7 Å². The van der Waals surface area contributed by atoms with Crippen molar-refractivity contribution in [1.82, 2.24) is 9.55 Å². The van der Waals surface area contributed by atoms with E-state index in [1.807, 2.05) is 42.5 Å². The summed E-state index contributed by atoms with van der Waals surface area (Å²) in [5, 5.41) is 3.44. The summed E-state index contributed by atoms with van der Waals surface area (Å²) in [7, 11) is 0. The highest BCUT2D eigenvalue weighted by Crippen LogP contribution is 2.12. The van der Waals surface area contributed by atoms with E-state index in [0.717, 1.165) is 24.9 Å². The first-order valence-electron chi connectivity index (χ1n) is 9.19. The Kier molecular flexibility index (Phi) is 6.19. The van der Waals surface area contributed by atoms with Crippen molar-refractivity contribution in [2.24, 2.45) is 0 Å².